The van der Waals surface area contributed by atoms with Crippen LogP contribution in [0.3, 0.4) is 0 Å². The second-order valence-electron chi connectivity index (χ2n) is 4.87. The molecule has 26 heavy (non-hydrogen) atoms. The molecule has 1 fully saturated rings. The highest BCUT2D eigenvalue weighted by Gasteiger charge is 2.73. The number of carbonyl (C=O) groups is 4. The Morgan fingerprint density at radius 1 is 1.08 bits per heavy atom. The number of likely N-dealkylation sites (tertiary alicyclic amines) is 1. The smallest absolute Gasteiger partial charge is 0.349 e. The highest BCUT2D eigenvalue weighted by Crippen LogP contribution is 2.35. The Morgan fingerprint density at radius 2 is 1.50 bits per heavy atom. The lowest BCUT2D eigenvalue weighted by molar-refractivity contribution is -0.162. The van der Waals surface area contributed by atoms with Gasteiger partial charge >= 0.3 is 36.3 Å². The Balaban J connectivity index is 3.90. The molecule has 0 aliphatic carbocycles. The van der Waals surface area contributed by atoms with Gasteiger partial charge in [0.25, 0.3) is 0 Å². The van der Waals surface area contributed by atoms with Crippen LogP contribution in [0.25, 0.3) is 0 Å². The van der Waals surface area contributed by atoms with Crippen LogP contribution in [0, 0.1) is 0 Å². The van der Waals surface area contributed by atoms with Crippen LogP contribution >= 0.6 is 0 Å². The van der Waals surface area contributed by atoms with Gasteiger partial charge in [0.2, 0.25) is 11.8 Å². The van der Waals surface area contributed by atoms with E-state index < -0.39 is 80.2 Å². The number of esters is 1. The molecule has 148 valence electrons. The number of rotatable bonds is 8. The first kappa shape index (κ1) is 21.9. The van der Waals surface area contributed by atoms with Crippen molar-refractivity contribution in [3.05, 3.63) is 0 Å². The molecule has 4 N–H and O–H groups in total. The second-order valence-corrected chi connectivity index (χ2v) is 8.32. The molecule has 1 aliphatic heterocycles. The third-order valence-electron chi connectivity index (χ3n) is 3.33. The van der Waals surface area contributed by atoms with Crippen LogP contribution < -0.4 is 0 Å². The van der Waals surface area contributed by atoms with E-state index in [2.05, 4.69) is 4.74 Å². The summed E-state index contributed by atoms with van der Waals surface area (Å²) in [4.78, 5) is 47.0. The van der Waals surface area contributed by atoms with Gasteiger partial charge in [0.15, 0.2) is 6.04 Å². The van der Waals surface area contributed by atoms with Crippen LogP contribution in [0.5, 0.6) is 0 Å². The van der Waals surface area contributed by atoms with Gasteiger partial charge in [-0.2, -0.15) is 16.8 Å². The minimum atomic E-state index is -6.38. The second kappa shape index (κ2) is 7.23. The highest BCUT2D eigenvalue weighted by molar-refractivity contribution is 8.06. The Kier molecular flexibility index (Phi) is 6.09. The largest absolute Gasteiger partial charge is 0.479 e. The third-order valence-corrected chi connectivity index (χ3v) is 6.92. The van der Waals surface area contributed by atoms with Crippen molar-refractivity contribution in [2.45, 2.75) is 23.0 Å². The van der Waals surface area contributed by atoms with Crippen LogP contribution in [0.2, 0.25) is 0 Å². The first-order chi connectivity index (χ1) is 11.7. The molecule has 0 spiro atoms. The Morgan fingerprint density at radius 3 is 1.81 bits per heavy atom. The molecular weight excluding hydrogens is 406 g/mol. The Labute approximate surface area is 145 Å². The summed E-state index contributed by atoms with van der Waals surface area (Å²) >= 11 is 0. The molecule has 1 rings (SSSR count). The van der Waals surface area contributed by atoms with Gasteiger partial charge in [-0.15, -0.1) is 0 Å². The van der Waals surface area contributed by atoms with Crippen LogP contribution in [0.4, 0.5) is 0 Å². The molecule has 1 unspecified atom stereocenters. The first-order valence-corrected chi connectivity index (χ1v) is 9.41. The zero-order chi connectivity index (χ0) is 20.5. The van der Waals surface area contributed by atoms with E-state index in [4.69, 9.17) is 5.11 Å². The summed E-state index contributed by atoms with van der Waals surface area (Å²) in [6, 6.07) is -3.31. The number of carboxylic acid groups (broad SMARTS) is 1. The van der Waals surface area contributed by atoms with E-state index in [0.717, 1.165) is 0 Å². The Bertz CT molecular complexity index is 794. The van der Waals surface area contributed by atoms with Crippen LogP contribution in [0.15, 0.2) is 0 Å². The van der Waals surface area contributed by atoms with Crippen molar-refractivity contribution < 1.29 is 60.1 Å². The standard InChI is InChI=1S/C10H13NO13S2/c12-3-4-24-8(15)7(11-5(13)1-2-6(11)14)10(9(16)17,25(18,19)20)26(21,22)23/h7,12H,1-4H2,(H,16,17)(H,18,19,20)(H,21,22,23). The maximum atomic E-state index is 12.1. The van der Waals surface area contributed by atoms with Gasteiger partial charge in [0.05, 0.1) is 6.61 Å². The molecule has 14 nitrogen and oxygen atoms in total. The number of aliphatic hydroxyl groups excluding tert-OH is 1. The van der Waals surface area contributed by atoms with Crippen LogP contribution in [-0.4, -0.2) is 88.1 Å². The van der Waals surface area contributed by atoms with Gasteiger partial charge in [-0.05, 0) is 0 Å². The van der Waals surface area contributed by atoms with Crippen LogP contribution in [-0.2, 0) is 44.2 Å². The maximum absolute atomic E-state index is 12.1. The van der Waals surface area contributed by atoms with Crippen molar-refractivity contribution in [2.24, 2.45) is 0 Å². The number of carboxylic acids is 1. The van der Waals surface area contributed by atoms with E-state index >= 15 is 0 Å². The molecule has 2 amide bonds. The Hall–Kier alpha value is -2.14. The number of aliphatic hydroxyl groups is 1. The number of ether oxygens (including phenoxy) is 1. The summed E-state index contributed by atoms with van der Waals surface area (Å²) in [5.74, 6) is -7.75. The number of carbonyl (C=O) groups excluding carboxylic acids is 3. The maximum Gasteiger partial charge on any atom is 0.349 e. The lowest BCUT2D eigenvalue weighted by atomic mass is 10.1. The lowest BCUT2D eigenvalue weighted by Crippen LogP contribution is -2.69. The summed E-state index contributed by atoms with van der Waals surface area (Å²) in [6.45, 7) is -1.78. The zero-order valence-electron chi connectivity index (χ0n) is 12.6. The van der Waals surface area contributed by atoms with Crippen LogP contribution in [0.1, 0.15) is 12.8 Å². The molecule has 1 aliphatic rings. The fourth-order valence-corrected chi connectivity index (χ4v) is 4.76. The van der Waals surface area contributed by atoms with Gasteiger partial charge < -0.3 is 14.9 Å². The van der Waals surface area contributed by atoms with Crippen molar-refractivity contribution >= 4 is 44.0 Å². The van der Waals surface area contributed by atoms with E-state index in [1.165, 1.54) is 0 Å². The number of aliphatic carboxylic acids is 1. The van der Waals surface area contributed by atoms with Crippen molar-refractivity contribution in [2.75, 3.05) is 13.2 Å². The quantitative estimate of drug-likeness (QED) is 0.171. The number of hydrogen-bond donors (Lipinski definition) is 4. The highest BCUT2D eigenvalue weighted by atomic mass is 32.3. The summed E-state index contributed by atoms with van der Waals surface area (Å²) in [6.07, 6.45) is -1.26. The van der Waals surface area contributed by atoms with Crippen molar-refractivity contribution in [3.8, 4) is 0 Å². The average Bonchev–Trinajstić information content (AvgIpc) is 2.78. The fraction of sp³-hybridized carbons (Fsp3) is 0.600. The van der Waals surface area contributed by atoms with Gasteiger partial charge in [0, 0.05) is 12.8 Å². The number of hydrogen-bond acceptors (Lipinski definition) is 10. The van der Waals surface area contributed by atoms with Gasteiger partial charge in [-0.25, -0.2) is 9.59 Å². The average molecular weight is 419 g/mol. The molecule has 16 heteroatoms. The lowest BCUT2D eigenvalue weighted by Gasteiger charge is -2.34. The van der Waals surface area contributed by atoms with E-state index in [9.17, 15) is 50.2 Å². The minimum Gasteiger partial charge on any atom is -0.479 e. The number of imide groups is 1. The first-order valence-electron chi connectivity index (χ1n) is 6.53. The summed E-state index contributed by atoms with van der Waals surface area (Å²) in [7, 11) is -12.8. The van der Waals surface area contributed by atoms with E-state index in [1.807, 2.05) is 0 Å². The molecule has 0 bridgehead atoms. The normalized spacial score (nSPS) is 17.3. The molecule has 0 saturated carbocycles. The van der Waals surface area contributed by atoms with E-state index in [-0.39, 0.29) is 4.90 Å². The molecule has 1 atom stereocenters. The zero-order valence-corrected chi connectivity index (χ0v) is 14.3. The molecule has 1 heterocycles. The van der Waals surface area contributed by atoms with Crippen molar-refractivity contribution in [1.29, 1.82) is 0 Å². The fourth-order valence-electron chi connectivity index (χ4n) is 2.29. The number of amides is 2. The molecule has 1 saturated heterocycles. The van der Waals surface area contributed by atoms with Gasteiger partial charge in [0.1, 0.15) is 6.61 Å². The molecule has 0 aromatic heterocycles. The minimum absolute atomic E-state index is 0.324. The SMILES string of the molecule is O=C(OCCO)C(N1C(=O)CCC1=O)C(C(=O)O)(S(=O)(=O)O)S(=O)(=O)O. The summed E-state index contributed by atoms with van der Waals surface area (Å²) in [5.41, 5.74) is 0. The predicted molar refractivity (Wildman–Crippen MR) is 76.4 cm³/mol. The van der Waals surface area contributed by atoms with E-state index in [1.54, 1.807) is 0 Å². The van der Waals surface area contributed by atoms with E-state index in [0.29, 0.717) is 0 Å². The molecule has 0 radical (unpaired) electrons. The summed E-state index contributed by atoms with van der Waals surface area (Å²) < 4.78 is 64.7. The third kappa shape index (κ3) is 3.40. The summed E-state index contributed by atoms with van der Waals surface area (Å²) in [5, 5.41) is 17.8. The molecule has 0 aromatic carbocycles. The van der Waals surface area contributed by atoms with Crippen molar-refractivity contribution in [1.82, 2.24) is 4.90 Å². The van der Waals surface area contributed by atoms with Crippen molar-refractivity contribution in [3.63, 3.8) is 0 Å². The molecule has 0 aromatic rings. The van der Waals surface area contributed by atoms with Gasteiger partial charge in [-0.1, -0.05) is 0 Å². The topological polar surface area (TPSA) is 230 Å². The van der Waals surface area contributed by atoms with Gasteiger partial charge in [-0.3, -0.25) is 23.6 Å². The monoisotopic (exact) mass is 419 g/mol. The predicted octanol–water partition coefficient (Wildman–Crippen LogP) is -3.40. The number of nitrogens with zero attached hydrogens (tertiary/aromatic N) is 1. The molecular formula is C10H13NO13S2.